The average Bonchev–Trinajstić information content (AvgIpc) is 2.62. The highest BCUT2D eigenvalue weighted by Gasteiger charge is 2.33. The van der Waals surface area contributed by atoms with Crippen molar-refractivity contribution < 1.29 is 14.3 Å². The molecule has 0 fully saturated rings. The number of nitrogens with zero attached hydrogens (tertiary/aromatic N) is 1. The van der Waals surface area contributed by atoms with Crippen LogP contribution in [-0.2, 0) is 9.53 Å². The molecule has 0 aliphatic heterocycles. The second-order valence-corrected chi connectivity index (χ2v) is 6.90. The molecule has 0 bridgehead atoms. The van der Waals surface area contributed by atoms with E-state index in [2.05, 4.69) is 17.2 Å². The van der Waals surface area contributed by atoms with Crippen LogP contribution in [0.15, 0.2) is 30.5 Å². The highest BCUT2D eigenvalue weighted by Crippen LogP contribution is 2.32. The molecule has 1 atom stereocenters. The Labute approximate surface area is 156 Å². The maximum atomic E-state index is 12.9. The van der Waals surface area contributed by atoms with Crippen LogP contribution in [0, 0.1) is 0 Å². The lowest BCUT2D eigenvalue weighted by atomic mass is 9.97. The summed E-state index contributed by atoms with van der Waals surface area (Å²) in [6, 6.07) is 7.52. The van der Waals surface area contributed by atoms with Crippen molar-refractivity contribution in [1.29, 1.82) is 0 Å². The maximum absolute atomic E-state index is 12.9. The molecule has 5 nitrogen and oxygen atoms in total. The number of hydrogen-bond acceptors (Lipinski definition) is 4. The van der Waals surface area contributed by atoms with Gasteiger partial charge in [0.15, 0.2) is 0 Å². The average molecular weight is 358 g/mol. The first-order chi connectivity index (χ1) is 12.4. The van der Waals surface area contributed by atoms with E-state index in [9.17, 15) is 4.79 Å². The number of anilines is 1. The molecular formula is C21H30N2O3. The van der Waals surface area contributed by atoms with E-state index in [1.807, 2.05) is 52.0 Å². The second-order valence-electron chi connectivity index (χ2n) is 6.90. The van der Waals surface area contributed by atoms with Crippen LogP contribution in [0.4, 0.5) is 5.69 Å². The molecule has 0 saturated carbocycles. The number of unbranched alkanes of at least 4 members (excludes halogenated alkanes) is 1. The molecule has 1 heterocycles. The quantitative estimate of drug-likeness (QED) is 0.689. The second kappa shape index (κ2) is 8.99. The van der Waals surface area contributed by atoms with Crippen LogP contribution in [0.3, 0.4) is 0 Å². The highest BCUT2D eigenvalue weighted by molar-refractivity contribution is 6.05. The van der Waals surface area contributed by atoms with E-state index >= 15 is 0 Å². The molecule has 5 heteroatoms. The molecule has 0 aliphatic rings. The fourth-order valence-corrected chi connectivity index (χ4v) is 2.94. The lowest BCUT2D eigenvalue weighted by Gasteiger charge is -2.28. The normalized spacial score (nSPS) is 13.6. The van der Waals surface area contributed by atoms with Crippen molar-refractivity contribution in [2.75, 3.05) is 11.9 Å². The molecule has 2 aromatic rings. The largest absolute Gasteiger partial charge is 0.489 e. The van der Waals surface area contributed by atoms with Gasteiger partial charge in [-0.2, -0.15) is 0 Å². The summed E-state index contributed by atoms with van der Waals surface area (Å²) in [5.74, 6) is 0.586. The van der Waals surface area contributed by atoms with Crippen LogP contribution in [0.5, 0.6) is 5.75 Å². The van der Waals surface area contributed by atoms with Crippen molar-refractivity contribution in [3.63, 3.8) is 0 Å². The SMILES string of the molecule is CCCC[C@@](C)(OCC)C(=O)Nc1ccc(OC(C)C)c2ncccc12. The van der Waals surface area contributed by atoms with Crippen LogP contribution >= 0.6 is 0 Å². The third kappa shape index (κ3) is 4.73. The van der Waals surface area contributed by atoms with Gasteiger partial charge in [0.1, 0.15) is 16.9 Å². The minimum absolute atomic E-state index is 0.0518. The predicted octanol–water partition coefficient (Wildman–Crippen LogP) is 4.95. The van der Waals surface area contributed by atoms with Crippen molar-refractivity contribution >= 4 is 22.5 Å². The Bertz CT molecular complexity index is 745. The summed E-state index contributed by atoms with van der Waals surface area (Å²) in [5.41, 5.74) is 0.620. The Kier molecular flexibility index (Phi) is 6.98. The zero-order valence-corrected chi connectivity index (χ0v) is 16.5. The van der Waals surface area contributed by atoms with Gasteiger partial charge >= 0.3 is 0 Å². The standard InChI is InChI=1S/C21H30N2O3/c1-6-8-13-21(5,25-7-2)20(24)23-17-11-12-18(26-15(3)4)19-16(17)10-9-14-22-19/h9-12,14-15H,6-8,13H2,1-5H3,(H,23,24)/t21-/m1/s1. The number of benzene rings is 1. The van der Waals surface area contributed by atoms with Gasteiger partial charge in [-0.15, -0.1) is 0 Å². The number of hydrogen-bond donors (Lipinski definition) is 1. The van der Waals surface area contributed by atoms with Gasteiger partial charge in [-0.25, -0.2) is 0 Å². The van der Waals surface area contributed by atoms with Crippen molar-refractivity contribution in [2.24, 2.45) is 0 Å². The van der Waals surface area contributed by atoms with Gasteiger partial charge in [0.25, 0.3) is 5.91 Å². The summed E-state index contributed by atoms with van der Waals surface area (Å²) in [6.07, 6.45) is 4.42. The number of pyridine rings is 1. The van der Waals surface area contributed by atoms with Gasteiger partial charge in [-0.1, -0.05) is 19.8 Å². The van der Waals surface area contributed by atoms with Gasteiger partial charge < -0.3 is 14.8 Å². The lowest BCUT2D eigenvalue weighted by molar-refractivity contribution is -0.139. The van der Waals surface area contributed by atoms with Gasteiger partial charge in [0.2, 0.25) is 0 Å². The molecule has 1 amide bonds. The summed E-state index contributed by atoms with van der Waals surface area (Å²) in [7, 11) is 0. The van der Waals surface area contributed by atoms with E-state index in [4.69, 9.17) is 9.47 Å². The van der Waals surface area contributed by atoms with Crippen LogP contribution in [0.2, 0.25) is 0 Å². The molecule has 0 saturated heterocycles. The van der Waals surface area contributed by atoms with Crippen molar-refractivity contribution in [2.45, 2.75) is 65.6 Å². The van der Waals surface area contributed by atoms with Gasteiger partial charge in [0.05, 0.1) is 11.8 Å². The Morgan fingerprint density at radius 3 is 2.69 bits per heavy atom. The molecule has 0 spiro atoms. The molecule has 142 valence electrons. The maximum Gasteiger partial charge on any atom is 0.256 e. The minimum Gasteiger partial charge on any atom is -0.489 e. The summed E-state index contributed by atoms with van der Waals surface area (Å²) in [6.45, 7) is 10.3. The van der Waals surface area contributed by atoms with Crippen LogP contribution in [-0.4, -0.2) is 29.2 Å². The zero-order valence-electron chi connectivity index (χ0n) is 16.5. The zero-order chi connectivity index (χ0) is 19.2. The Hall–Kier alpha value is -2.14. The molecule has 1 N–H and O–H groups in total. The fraction of sp³-hybridized carbons (Fsp3) is 0.524. The van der Waals surface area contributed by atoms with Gasteiger partial charge in [-0.3, -0.25) is 9.78 Å². The Morgan fingerprint density at radius 2 is 2.04 bits per heavy atom. The van der Waals surface area contributed by atoms with E-state index in [-0.39, 0.29) is 12.0 Å². The molecule has 1 aromatic heterocycles. The molecule has 2 rings (SSSR count). The first kappa shape index (κ1) is 20.2. The van der Waals surface area contributed by atoms with Crippen LogP contribution < -0.4 is 10.1 Å². The molecule has 0 aliphatic carbocycles. The first-order valence-electron chi connectivity index (χ1n) is 9.41. The molecule has 26 heavy (non-hydrogen) atoms. The Balaban J connectivity index is 2.34. The first-order valence-corrected chi connectivity index (χ1v) is 9.41. The summed E-state index contributed by atoms with van der Waals surface area (Å²) in [5, 5.41) is 3.90. The Morgan fingerprint density at radius 1 is 1.27 bits per heavy atom. The van der Waals surface area contributed by atoms with Gasteiger partial charge in [-0.05, 0) is 58.4 Å². The topological polar surface area (TPSA) is 60.5 Å². The van der Waals surface area contributed by atoms with Crippen LogP contribution in [0.1, 0.15) is 53.9 Å². The van der Waals surface area contributed by atoms with Crippen molar-refractivity contribution in [1.82, 2.24) is 4.98 Å². The molecule has 0 radical (unpaired) electrons. The minimum atomic E-state index is -0.841. The molecule has 1 aromatic carbocycles. The van der Waals surface area contributed by atoms with E-state index in [0.29, 0.717) is 18.8 Å². The summed E-state index contributed by atoms with van der Waals surface area (Å²) >= 11 is 0. The van der Waals surface area contributed by atoms with Gasteiger partial charge in [0, 0.05) is 18.2 Å². The number of fused-ring (bicyclic) bond motifs is 1. The summed E-state index contributed by atoms with van der Waals surface area (Å²) < 4.78 is 11.6. The van der Waals surface area contributed by atoms with Crippen molar-refractivity contribution in [3.8, 4) is 5.75 Å². The van der Waals surface area contributed by atoms with Crippen molar-refractivity contribution in [3.05, 3.63) is 30.5 Å². The third-order valence-corrected chi connectivity index (χ3v) is 4.29. The third-order valence-electron chi connectivity index (χ3n) is 4.29. The van der Waals surface area contributed by atoms with Crippen LogP contribution in [0.25, 0.3) is 10.9 Å². The number of amides is 1. The number of carbonyl (C=O) groups is 1. The monoisotopic (exact) mass is 358 g/mol. The van der Waals surface area contributed by atoms with E-state index in [1.54, 1.807) is 6.20 Å². The fourth-order valence-electron chi connectivity index (χ4n) is 2.94. The number of aromatic nitrogens is 1. The smallest absolute Gasteiger partial charge is 0.256 e. The molecular weight excluding hydrogens is 328 g/mol. The predicted molar refractivity (Wildman–Crippen MR) is 106 cm³/mol. The number of carbonyl (C=O) groups excluding carboxylic acids is 1. The van der Waals surface area contributed by atoms with E-state index in [0.717, 1.165) is 29.4 Å². The number of nitrogens with one attached hydrogen (secondary N) is 1. The summed E-state index contributed by atoms with van der Waals surface area (Å²) in [4.78, 5) is 17.4. The van der Waals surface area contributed by atoms with E-state index < -0.39 is 5.60 Å². The lowest BCUT2D eigenvalue weighted by Crippen LogP contribution is -2.42. The van der Waals surface area contributed by atoms with E-state index in [1.165, 1.54) is 0 Å². The number of ether oxygens (including phenoxy) is 2. The highest BCUT2D eigenvalue weighted by atomic mass is 16.5. The number of rotatable bonds is 9. The molecule has 0 unspecified atom stereocenters.